The first-order valence-electron chi connectivity index (χ1n) is 5.89. The van der Waals surface area contributed by atoms with Crippen LogP contribution < -0.4 is 0 Å². The second-order valence-electron chi connectivity index (χ2n) is 4.18. The Hall–Kier alpha value is -2.41. The summed E-state index contributed by atoms with van der Waals surface area (Å²) in [5.41, 5.74) is 0.459. The molecular weight excluding hydrogens is 298 g/mol. The van der Waals surface area contributed by atoms with E-state index in [4.69, 9.17) is 0 Å². The lowest BCUT2D eigenvalue weighted by atomic mass is 10.3. The third-order valence-electron chi connectivity index (χ3n) is 2.81. The number of rotatable bonds is 3. The van der Waals surface area contributed by atoms with Gasteiger partial charge < -0.3 is 5.11 Å². The van der Waals surface area contributed by atoms with Crippen LogP contribution in [-0.4, -0.2) is 20.5 Å². The molecule has 0 saturated heterocycles. The van der Waals surface area contributed by atoms with Crippen LogP contribution in [0.25, 0.3) is 5.65 Å². The van der Waals surface area contributed by atoms with Gasteiger partial charge in [0.05, 0.1) is 0 Å². The molecule has 3 rings (SSSR count). The number of nitrogens with zero attached hydrogens (tertiary/aromatic N) is 2. The number of fused-ring (bicyclic) bond motifs is 1. The number of carboxylic acids is 1. The molecule has 4 nitrogen and oxygen atoms in total. The van der Waals surface area contributed by atoms with Crippen LogP contribution in [0.5, 0.6) is 0 Å². The average Bonchev–Trinajstić information content (AvgIpc) is 2.80. The molecule has 1 aromatic carbocycles. The molecule has 21 heavy (non-hydrogen) atoms. The third-order valence-corrected chi connectivity index (χ3v) is 3.77. The Kier molecular flexibility index (Phi) is 3.34. The lowest BCUT2D eigenvalue weighted by Crippen LogP contribution is -2.02. The SMILES string of the molecule is O=C(O)c1c(Sc2ccc(F)c(F)c2)nc2ccccn12. The number of carbonyl (C=O) groups is 1. The minimum atomic E-state index is -1.14. The van der Waals surface area contributed by atoms with Crippen molar-refractivity contribution in [2.24, 2.45) is 0 Å². The van der Waals surface area contributed by atoms with Crippen molar-refractivity contribution in [3.63, 3.8) is 0 Å². The molecule has 0 saturated carbocycles. The van der Waals surface area contributed by atoms with E-state index in [0.29, 0.717) is 10.5 Å². The van der Waals surface area contributed by atoms with Crippen LogP contribution in [0.15, 0.2) is 52.5 Å². The Balaban J connectivity index is 2.09. The zero-order valence-corrected chi connectivity index (χ0v) is 11.3. The second kappa shape index (κ2) is 5.17. The summed E-state index contributed by atoms with van der Waals surface area (Å²) in [7, 11) is 0. The van der Waals surface area contributed by atoms with Gasteiger partial charge in [-0.2, -0.15) is 0 Å². The molecule has 3 aromatic rings. The second-order valence-corrected chi connectivity index (χ2v) is 5.24. The minimum absolute atomic E-state index is 0.0136. The lowest BCUT2D eigenvalue weighted by molar-refractivity contribution is 0.0685. The van der Waals surface area contributed by atoms with Crippen LogP contribution in [-0.2, 0) is 0 Å². The van der Waals surface area contributed by atoms with Crippen molar-refractivity contribution in [1.82, 2.24) is 9.38 Å². The van der Waals surface area contributed by atoms with E-state index in [1.165, 1.54) is 10.5 Å². The highest BCUT2D eigenvalue weighted by Crippen LogP contribution is 2.31. The molecular formula is C14H8F2N2O2S. The normalized spacial score (nSPS) is 11.0. The van der Waals surface area contributed by atoms with Crippen LogP contribution in [0.4, 0.5) is 8.78 Å². The molecule has 2 aromatic heterocycles. The molecule has 0 amide bonds. The third kappa shape index (κ3) is 2.47. The molecule has 0 atom stereocenters. The highest BCUT2D eigenvalue weighted by molar-refractivity contribution is 7.99. The molecule has 0 radical (unpaired) electrons. The van der Waals surface area contributed by atoms with Crippen molar-refractivity contribution in [2.75, 3.05) is 0 Å². The van der Waals surface area contributed by atoms with Crippen LogP contribution in [0.3, 0.4) is 0 Å². The zero-order chi connectivity index (χ0) is 15.0. The quantitative estimate of drug-likeness (QED) is 0.805. The smallest absolute Gasteiger partial charge is 0.355 e. The summed E-state index contributed by atoms with van der Waals surface area (Å²) in [6.45, 7) is 0. The Bertz CT molecular complexity index is 848. The number of halogens is 2. The van der Waals surface area contributed by atoms with Gasteiger partial charge in [-0.15, -0.1) is 0 Å². The van der Waals surface area contributed by atoms with Gasteiger partial charge in [-0.1, -0.05) is 17.8 Å². The number of hydrogen-bond donors (Lipinski definition) is 1. The summed E-state index contributed by atoms with van der Waals surface area (Å²) in [5.74, 6) is -3.08. The van der Waals surface area contributed by atoms with E-state index in [1.807, 2.05) is 0 Å². The Morgan fingerprint density at radius 1 is 1.19 bits per heavy atom. The van der Waals surface area contributed by atoms with E-state index >= 15 is 0 Å². The Morgan fingerprint density at radius 2 is 2.00 bits per heavy atom. The van der Waals surface area contributed by atoms with Crippen molar-refractivity contribution in [1.29, 1.82) is 0 Å². The first-order chi connectivity index (χ1) is 10.1. The summed E-state index contributed by atoms with van der Waals surface area (Å²) in [4.78, 5) is 16.0. The predicted octanol–water partition coefficient (Wildman–Crippen LogP) is 3.46. The number of hydrogen-bond acceptors (Lipinski definition) is 3. The van der Waals surface area contributed by atoms with Crippen LogP contribution in [0.2, 0.25) is 0 Å². The number of carboxylic acid groups (broad SMARTS) is 1. The van der Waals surface area contributed by atoms with Crippen molar-refractivity contribution < 1.29 is 18.7 Å². The Morgan fingerprint density at radius 3 is 2.71 bits per heavy atom. The van der Waals surface area contributed by atoms with Crippen LogP contribution in [0, 0.1) is 11.6 Å². The molecule has 0 unspecified atom stereocenters. The number of aromatic nitrogens is 2. The first kappa shape index (κ1) is 13.6. The topological polar surface area (TPSA) is 54.6 Å². The summed E-state index contributed by atoms with van der Waals surface area (Å²) in [5, 5.41) is 9.54. The van der Waals surface area contributed by atoms with Gasteiger partial charge in [0.1, 0.15) is 10.7 Å². The fraction of sp³-hybridized carbons (Fsp3) is 0. The molecule has 1 N–H and O–H groups in total. The van der Waals surface area contributed by atoms with Crippen LogP contribution in [0.1, 0.15) is 10.5 Å². The van der Waals surface area contributed by atoms with Gasteiger partial charge in [0.15, 0.2) is 17.3 Å². The zero-order valence-electron chi connectivity index (χ0n) is 10.5. The summed E-state index contributed by atoms with van der Waals surface area (Å²) in [6.07, 6.45) is 1.58. The number of pyridine rings is 1. The van der Waals surface area contributed by atoms with Crippen molar-refractivity contribution in [3.8, 4) is 0 Å². The summed E-state index contributed by atoms with van der Waals surface area (Å²) in [6, 6.07) is 8.47. The molecule has 2 heterocycles. The highest BCUT2D eigenvalue weighted by atomic mass is 32.2. The molecule has 7 heteroatoms. The van der Waals surface area contributed by atoms with Crippen molar-refractivity contribution >= 4 is 23.4 Å². The van der Waals surface area contributed by atoms with Gasteiger partial charge in [0.2, 0.25) is 0 Å². The van der Waals surface area contributed by atoms with Crippen molar-refractivity contribution in [2.45, 2.75) is 9.92 Å². The van der Waals surface area contributed by atoms with Crippen molar-refractivity contribution in [3.05, 3.63) is 59.9 Å². The standard InChI is InChI=1S/C14H8F2N2O2S/c15-9-5-4-8(7-10(9)16)21-13-12(14(19)20)18-6-2-1-3-11(18)17-13/h1-7H,(H,19,20). The Labute approximate surface area is 122 Å². The molecule has 0 aliphatic rings. The molecule has 0 aliphatic heterocycles. The van der Waals surface area contributed by atoms with E-state index in [0.717, 1.165) is 23.9 Å². The fourth-order valence-electron chi connectivity index (χ4n) is 1.89. The highest BCUT2D eigenvalue weighted by Gasteiger charge is 2.19. The van der Waals surface area contributed by atoms with Crippen LogP contribution >= 0.6 is 11.8 Å². The number of benzene rings is 1. The van der Waals surface area contributed by atoms with E-state index in [-0.39, 0.29) is 10.7 Å². The minimum Gasteiger partial charge on any atom is -0.476 e. The van der Waals surface area contributed by atoms with Gasteiger partial charge in [-0.3, -0.25) is 4.40 Å². The largest absolute Gasteiger partial charge is 0.476 e. The van der Waals surface area contributed by atoms with Gasteiger partial charge in [0, 0.05) is 11.1 Å². The molecule has 0 bridgehead atoms. The molecule has 0 spiro atoms. The van der Waals surface area contributed by atoms with Gasteiger partial charge in [-0.05, 0) is 30.3 Å². The summed E-state index contributed by atoms with van der Waals surface area (Å²) >= 11 is 0.972. The van der Waals surface area contributed by atoms with E-state index in [2.05, 4.69) is 4.98 Å². The van der Waals surface area contributed by atoms with E-state index in [1.54, 1.807) is 24.4 Å². The first-order valence-corrected chi connectivity index (χ1v) is 6.71. The number of imidazole rings is 1. The van der Waals surface area contributed by atoms with Gasteiger partial charge in [0.25, 0.3) is 0 Å². The fourth-order valence-corrected chi connectivity index (χ4v) is 2.84. The molecule has 0 aliphatic carbocycles. The summed E-state index contributed by atoms with van der Waals surface area (Å²) < 4.78 is 27.6. The molecule has 106 valence electrons. The molecule has 0 fully saturated rings. The van der Waals surface area contributed by atoms with Gasteiger partial charge >= 0.3 is 5.97 Å². The maximum Gasteiger partial charge on any atom is 0.355 e. The van der Waals surface area contributed by atoms with Gasteiger partial charge in [-0.25, -0.2) is 18.6 Å². The predicted molar refractivity (Wildman–Crippen MR) is 72.6 cm³/mol. The van der Waals surface area contributed by atoms with E-state index in [9.17, 15) is 18.7 Å². The monoisotopic (exact) mass is 306 g/mol. The maximum atomic E-state index is 13.2. The number of aromatic carboxylic acids is 1. The maximum absolute atomic E-state index is 13.2. The lowest BCUT2D eigenvalue weighted by Gasteiger charge is -2.01. The van der Waals surface area contributed by atoms with E-state index < -0.39 is 17.6 Å². The average molecular weight is 306 g/mol.